The van der Waals surface area contributed by atoms with Crippen molar-refractivity contribution in [1.82, 2.24) is 0 Å². The van der Waals surface area contributed by atoms with Gasteiger partial charge in [-0.15, -0.1) is 0 Å². The van der Waals surface area contributed by atoms with Crippen LogP contribution in [0.5, 0.6) is 0 Å². The number of benzene rings is 1. The Labute approximate surface area is 97.8 Å². The standard InChI is InChI=1S/C14H21NO/c1-11-5-3-4-6-13(11)9-14(10-15)7-8-16-12(14)2/h3-6,12H,7-10,15H2,1-2H3. The summed E-state index contributed by atoms with van der Waals surface area (Å²) in [4.78, 5) is 0. The molecule has 2 rings (SSSR count). The number of rotatable bonds is 3. The highest BCUT2D eigenvalue weighted by Crippen LogP contribution is 2.37. The van der Waals surface area contributed by atoms with Gasteiger partial charge in [-0.1, -0.05) is 24.3 Å². The molecule has 2 heteroatoms. The Hall–Kier alpha value is -0.860. The molecule has 1 fully saturated rings. The van der Waals surface area contributed by atoms with Crippen molar-refractivity contribution in [2.45, 2.75) is 32.8 Å². The smallest absolute Gasteiger partial charge is 0.0619 e. The number of ether oxygens (including phenoxy) is 1. The molecule has 16 heavy (non-hydrogen) atoms. The molecule has 1 heterocycles. The molecule has 0 spiro atoms. The van der Waals surface area contributed by atoms with Gasteiger partial charge in [-0.2, -0.15) is 0 Å². The Morgan fingerprint density at radius 3 is 2.75 bits per heavy atom. The van der Waals surface area contributed by atoms with Crippen LogP contribution in [0.15, 0.2) is 24.3 Å². The summed E-state index contributed by atoms with van der Waals surface area (Å²) < 4.78 is 5.69. The quantitative estimate of drug-likeness (QED) is 0.846. The van der Waals surface area contributed by atoms with Crippen LogP contribution in [-0.2, 0) is 11.2 Å². The van der Waals surface area contributed by atoms with Crippen LogP contribution in [0.2, 0.25) is 0 Å². The summed E-state index contributed by atoms with van der Waals surface area (Å²) in [6.45, 7) is 5.88. The van der Waals surface area contributed by atoms with Crippen molar-refractivity contribution in [1.29, 1.82) is 0 Å². The Bertz CT molecular complexity index is 364. The maximum Gasteiger partial charge on any atom is 0.0619 e. The van der Waals surface area contributed by atoms with E-state index in [9.17, 15) is 0 Å². The first kappa shape index (κ1) is 11.6. The predicted octanol–water partition coefficient (Wildman–Crippen LogP) is 2.29. The van der Waals surface area contributed by atoms with Crippen molar-refractivity contribution in [3.05, 3.63) is 35.4 Å². The van der Waals surface area contributed by atoms with Gasteiger partial charge < -0.3 is 10.5 Å². The second-order valence-electron chi connectivity index (χ2n) is 4.93. The van der Waals surface area contributed by atoms with Gasteiger partial charge >= 0.3 is 0 Å². The van der Waals surface area contributed by atoms with Gasteiger partial charge in [0.05, 0.1) is 6.10 Å². The van der Waals surface area contributed by atoms with Crippen LogP contribution in [0.1, 0.15) is 24.5 Å². The first-order chi connectivity index (χ1) is 7.68. The maximum absolute atomic E-state index is 5.98. The molecule has 1 aliphatic heterocycles. The fraction of sp³-hybridized carbons (Fsp3) is 0.571. The highest BCUT2D eigenvalue weighted by molar-refractivity contribution is 5.27. The second kappa shape index (κ2) is 4.56. The van der Waals surface area contributed by atoms with Crippen molar-refractivity contribution in [3.63, 3.8) is 0 Å². The van der Waals surface area contributed by atoms with Crippen LogP contribution in [0.25, 0.3) is 0 Å². The molecule has 0 aromatic heterocycles. The van der Waals surface area contributed by atoms with Crippen LogP contribution >= 0.6 is 0 Å². The van der Waals surface area contributed by atoms with Crippen molar-refractivity contribution in [2.75, 3.05) is 13.2 Å². The molecule has 2 atom stereocenters. The van der Waals surface area contributed by atoms with Gasteiger partial charge in [-0.05, 0) is 37.8 Å². The monoisotopic (exact) mass is 219 g/mol. The van der Waals surface area contributed by atoms with Crippen molar-refractivity contribution in [3.8, 4) is 0 Å². The first-order valence-electron chi connectivity index (χ1n) is 6.04. The molecule has 1 aromatic rings. The zero-order valence-corrected chi connectivity index (χ0v) is 10.2. The molecule has 0 aliphatic carbocycles. The molecule has 2 nitrogen and oxygen atoms in total. The fourth-order valence-corrected chi connectivity index (χ4v) is 2.58. The summed E-state index contributed by atoms with van der Waals surface area (Å²) in [5.41, 5.74) is 8.89. The average Bonchev–Trinajstić information content (AvgIpc) is 2.64. The molecule has 0 radical (unpaired) electrons. The van der Waals surface area contributed by atoms with E-state index in [0.717, 1.165) is 19.4 Å². The van der Waals surface area contributed by atoms with Crippen LogP contribution in [0, 0.1) is 12.3 Å². The molecular weight excluding hydrogens is 198 g/mol. The van der Waals surface area contributed by atoms with Gasteiger partial charge in [0.25, 0.3) is 0 Å². The van der Waals surface area contributed by atoms with E-state index in [2.05, 4.69) is 38.1 Å². The Morgan fingerprint density at radius 1 is 1.44 bits per heavy atom. The number of aryl methyl sites for hydroxylation is 1. The molecule has 0 saturated carbocycles. The number of nitrogens with two attached hydrogens (primary N) is 1. The molecule has 1 aromatic carbocycles. The molecule has 0 amide bonds. The molecule has 0 bridgehead atoms. The topological polar surface area (TPSA) is 35.2 Å². The van der Waals surface area contributed by atoms with Gasteiger partial charge in [0, 0.05) is 18.6 Å². The van der Waals surface area contributed by atoms with E-state index < -0.39 is 0 Å². The normalized spacial score (nSPS) is 29.6. The Balaban J connectivity index is 2.22. The lowest BCUT2D eigenvalue weighted by atomic mass is 9.75. The molecule has 2 N–H and O–H groups in total. The lowest BCUT2D eigenvalue weighted by Crippen LogP contribution is -2.38. The number of hydrogen-bond acceptors (Lipinski definition) is 2. The summed E-state index contributed by atoms with van der Waals surface area (Å²) in [7, 11) is 0. The van der Waals surface area contributed by atoms with E-state index in [-0.39, 0.29) is 11.5 Å². The zero-order chi connectivity index (χ0) is 11.6. The summed E-state index contributed by atoms with van der Waals surface area (Å²) in [5.74, 6) is 0. The molecule has 2 unspecified atom stereocenters. The predicted molar refractivity (Wildman–Crippen MR) is 66.4 cm³/mol. The van der Waals surface area contributed by atoms with Crippen LogP contribution in [0.3, 0.4) is 0 Å². The minimum atomic E-state index is 0.145. The Morgan fingerprint density at radius 2 is 2.19 bits per heavy atom. The summed E-state index contributed by atoms with van der Waals surface area (Å²) in [6.07, 6.45) is 2.40. The molecular formula is C14H21NO. The van der Waals surface area contributed by atoms with E-state index in [0.29, 0.717) is 6.54 Å². The fourth-order valence-electron chi connectivity index (χ4n) is 2.58. The van der Waals surface area contributed by atoms with Crippen molar-refractivity contribution in [2.24, 2.45) is 11.1 Å². The average molecular weight is 219 g/mol. The van der Waals surface area contributed by atoms with E-state index in [1.165, 1.54) is 11.1 Å². The van der Waals surface area contributed by atoms with E-state index in [1.54, 1.807) is 0 Å². The van der Waals surface area contributed by atoms with Gasteiger partial charge in [-0.3, -0.25) is 0 Å². The lowest BCUT2D eigenvalue weighted by Gasteiger charge is -2.31. The number of hydrogen-bond donors (Lipinski definition) is 1. The first-order valence-corrected chi connectivity index (χ1v) is 6.04. The van der Waals surface area contributed by atoms with Gasteiger partial charge in [-0.25, -0.2) is 0 Å². The van der Waals surface area contributed by atoms with Crippen molar-refractivity contribution < 1.29 is 4.74 Å². The van der Waals surface area contributed by atoms with Crippen LogP contribution < -0.4 is 5.73 Å². The van der Waals surface area contributed by atoms with Gasteiger partial charge in [0.1, 0.15) is 0 Å². The summed E-state index contributed by atoms with van der Waals surface area (Å²) >= 11 is 0. The minimum Gasteiger partial charge on any atom is -0.378 e. The van der Waals surface area contributed by atoms with Crippen LogP contribution in [-0.4, -0.2) is 19.3 Å². The van der Waals surface area contributed by atoms with Crippen LogP contribution in [0.4, 0.5) is 0 Å². The van der Waals surface area contributed by atoms with Gasteiger partial charge in [0.15, 0.2) is 0 Å². The molecule has 1 saturated heterocycles. The summed E-state index contributed by atoms with van der Waals surface area (Å²) in [6, 6.07) is 8.56. The third-order valence-corrected chi connectivity index (χ3v) is 4.04. The third-order valence-electron chi connectivity index (χ3n) is 4.04. The largest absolute Gasteiger partial charge is 0.378 e. The lowest BCUT2D eigenvalue weighted by molar-refractivity contribution is 0.0673. The molecule has 88 valence electrons. The third kappa shape index (κ3) is 2.00. The SMILES string of the molecule is Cc1ccccc1CC1(CN)CCOC1C. The molecule has 1 aliphatic rings. The Kier molecular flexibility index (Phi) is 3.31. The summed E-state index contributed by atoms with van der Waals surface area (Å²) in [5, 5.41) is 0. The van der Waals surface area contributed by atoms with E-state index in [4.69, 9.17) is 10.5 Å². The van der Waals surface area contributed by atoms with E-state index in [1.807, 2.05) is 0 Å². The highest BCUT2D eigenvalue weighted by atomic mass is 16.5. The van der Waals surface area contributed by atoms with E-state index >= 15 is 0 Å². The zero-order valence-electron chi connectivity index (χ0n) is 10.2. The van der Waals surface area contributed by atoms with Crippen molar-refractivity contribution >= 4 is 0 Å². The highest BCUT2D eigenvalue weighted by Gasteiger charge is 2.40. The second-order valence-corrected chi connectivity index (χ2v) is 4.93. The minimum absolute atomic E-state index is 0.145. The van der Waals surface area contributed by atoms with Gasteiger partial charge in [0.2, 0.25) is 0 Å². The maximum atomic E-state index is 5.98.